The Morgan fingerprint density at radius 1 is 0.875 bits per heavy atom. The number of amides is 1. The summed E-state index contributed by atoms with van der Waals surface area (Å²) in [5.74, 6) is -0.710. The first-order valence-corrected chi connectivity index (χ1v) is 15.2. The first-order valence-electron chi connectivity index (χ1n) is 11.9. The number of nitrogens with zero attached hydrogens (tertiary/aromatic N) is 3. The van der Waals surface area contributed by atoms with Gasteiger partial charge in [0, 0.05) is 22.6 Å². The van der Waals surface area contributed by atoms with E-state index in [1.165, 1.54) is 48.7 Å². The molecule has 10 nitrogen and oxygen atoms in total. The molecule has 40 heavy (non-hydrogen) atoms. The Balaban J connectivity index is 1.55. The highest BCUT2D eigenvalue weighted by Gasteiger charge is 2.28. The van der Waals surface area contributed by atoms with Crippen LogP contribution in [0, 0.1) is 20.8 Å². The number of carbonyl (C=O) groups excluding carboxylic acids is 1. The van der Waals surface area contributed by atoms with Crippen LogP contribution in [0.15, 0.2) is 88.8 Å². The van der Waals surface area contributed by atoms with Crippen molar-refractivity contribution >= 4 is 54.9 Å². The number of sulfonamides is 2. The number of aromatic nitrogens is 2. The second-order valence-corrected chi connectivity index (χ2v) is 12.9. The third kappa shape index (κ3) is 6.76. The Bertz CT molecular complexity index is 1760. The van der Waals surface area contributed by atoms with Gasteiger partial charge in [-0.15, -0.1) is 0 Å². The van der Waals surface area contributed by atoms with Crippen molar-refractivity contribution in [2.75, 3.05) is 20.9 Å². The molecule has 0 saturated carbocycles. The molecule has 1 aromatic heterocycles. The average Bonchev–Trinajstić information content (AvgIpc) is 2.89. The summed E-state index contributed by atoms with van der Waals surface area (Å²) in [6.45, 7) is 4.77. The van der Waals surface area contributed by atoms with Crippen LogP contribution < -0.4 is 14.3 Å². The zero-order valence-corrected chi connectivity index (χ0v) is 24.2. The van der Waals surface area contributed by atoms with Crippen LogP contribution in [-0.2, 0) is 24.8 Å². The number of rotatable bonds is 9. The number of nitrogens with one attached hydrogen (secondary N) is 2. The van der Waals surface area contributed by atoms with Crippen molar-refractivity contribution in [1.29, 1.82) is 0 Å². The molecule has 0 aliphatic rings. The van der Waals surface area contributed by atoms with Gasteiger partial charge in [-0.3, -0.25) is 9.10 Å². The molecule has 0 atom stereocenters. The lowest BCUT2D eigenvalue weighted by atomic mass is 10.2. The average molecular weight is 600 g/mol. The lowest BCUT2D eigenvalue weighted by molar-refractivity contribution is -0.114. The maximum atomic E-state index is 13.6. The molecule has 1 heterocycles. The molecule has 4 rings (SSSR count). The maximum absolute atomic E-state index is 13.6. The van der Waals surface area contributed by atoms with E-state index in [0.29, 0.717) is 10.7 Å². The van der Waals surface area contributed by atoms with Gasteiger partial charge >= 0.3 is 0 Å². The number of carbonyl (C=O) groups is 1. The van der Waals surface area contributed by atoms with Crippen molar-refractivity contribution in [1.82, 2.24) is 9.97 Å². The number of aryl methyl sites for hydroxylation is 3. The number of hydrogen-bond donors (Lipinski definition) is 2. The summed E-state index contributed by atoms with van der Waals surface area (Å²) in [5, 5.41) is 2.97. The highest BCUT2D eigenvalue weighted by atomic mass is 35.5. The normalized spacial score (nSPS) is 11.6. The van der Waals surface area contributed by atoms with Gasteiger partial charge in [-0.2, -0.15) is 0 Å². The fourth-order valence-corrected chi connectivity index (χ4v) is 6.15. The Labute approximate surface area is 238 Å². The van der Waals surface area contributed by atoms with Gasteiger partial charge in [0.05, 0.1) is 15.5 Å². The second-order valence-electron chi connectivity index (χ2n) is 8.96. The maximum Gasteiger partial charge on any atom is 0.264 e. The zero-order valence-electron chi connectivity index (χ0n) is 21.8. The van der Waals surface area contributed by atoms with Gasteiger partial charge in [0.15, 0.2) is 0 Å². The summed E-state index contributed by atoms with van der Waals surface area (Å²) in [6.07, 6.45) is 1.44. The van der Waals surface area contributed by atoms with Gasteiger partial charge in [-0.1, -0.05) is 35.4 Å². The summed E-state index contributed by atoms with van der Waals surface area (Å²) in [4.78, 5) is 20.9. The number of hydrogen-bond acceptors (Lipinski definition) is 7. The van der Waals surface area contributed by atoms with Gasteiger partial charge in [0.2, 0.25) is 11.9 Å². The Hall–Kier alpha value is -4.00. The monoisotopic (exact) mass is 599 g/mol. The molecule has 0 spiro atoms. The van der Waals surface area contributed by atoms with Crippen molar-refractivity contribution < 1.29 is 21.6 Å². The molecule has 0 fully saturated rings. The van der Waals surface area contributed by atoms with Gasteiger partial charge in [0.25, 0.3) is 20.0 Å². The van der Waals surface area contributed by atoms with E-state index in [4.69, 9.17) is 11.6 Å². The smallest absolute Gasteiger partial charge is 0.264 e. The van der Waals surface area contributed by atoms with Crippen LogP contribution in [0.4, 0.5) is 17.3 Å². The molecule has 0 radical (unpaired) electrons. The summed E-state index contributed by atoms with van der Waals surface area (Å²) >= 11 is 6.27. The molecule has 3 aromatic carbocycles. The molecular formula is C27H26ClN5O5S2. The number of anilines is 3. The standard InChI is InChI=1S/C27H26ClN5O5S2/c1-18-4-10-24(11-5-18)40(37,38)33(22-9-6-19(2)25(28)16-22)17-26(34)31-21-7-12-23(13-8-21)39(35,36)32-27-29-15-14-20(3)30-27/h4-16H,17H2,1-3H3,(H,31,34)(H,29,30,32). The van der Waals surface area contributed by atoms with Crippen molar-refractivity contribution in [2.24, 2.45) is 0 Å². The van der Waals surface area contributed by atoms with Crippen molar-refractivity contribution in [3.05, 3.63) is 101 Å². The van der Waals surface area contributed by atoms with E-state index >= 15 is 0 Å². The molecule has 0 saturated heterocycles. The van der Waals surface area contributed by atoms with Crippen molar-refractivity contribution in [3.8, 4) is 0 Å². The van der Waals surface area contributed by atoms with Crippen LogP contribution >= 0.6 is 11.6 Å². The van der Waals surface area contributed by atoms with E-state index in [2.05, 4.69) is 20.0 Å². The van der Waals surface area contributed by atoms with Crippen LogP contribution in [0.2, 0.25) is 5.02 Å². The number of halogens is 1. The minimum absolute atomic E-state index is 0.0160. The largest absolute Gasteiger partial charge is 0.325 e. The highest BCUT2D eigenvalue weighted by molar-refractivity contribution is 7.93. The van der Waals surface area contributed by atoms with Crippen molar-refractivity contribution in [2.45, 2.75) is 30.6 Å². The minimum Gasteiger partial charge on any atom is -0.325 e. The fourth-order valence-electron chi connectivity index (χ4n) is 3.61. The zero-order chi connectivity index (χ0) is 29.1. The van der Waals surface area contributed by atoms with Crippen LogP contribution in [0.3, 0.4) is 0 Å². The van der Waals surface area contributed by atoms with Crippen molar-refractivity contribution in [3.63, 3.8) is 0 Å². The predicted molar refractivity (Wildman–Crippen MR) is 155 cm³/mol. The van der Waals surface area contributed by atoms with E-state index in [1.807, 2.05) is 6.92 Å². The second kappa shape index (κ2) is 11.6. The van der Waals surface area contributed by atoms with Crippen LogP contribution in [0.1, 0.15) is 16.8 Å². The lowest BCUT2D eigenvalue weighted by Crippen LogP contribution is -2.38. The summed E-state index contributed by atoms with van der Waals surface area (Å²) in [5.41, 5.74) is 2.72. The molecule has 13 heteroatoms. The fraction of sp³-hybridized carbons (Fsp3) is 0.148. The first kappa shape index (κ1) is 29.0. The molecule has 1 amide bonds. The van der Waals surface area contributed by atoms with E-state index in [1.54, 1.807) is 44.2 Å². The third-order valence-corrected chi connectivity index (χ3v) is 9.35. The van der Waals surface area contributed by atoms with E-state index in [9.17, 15) is 21.6 Å². The van der Waals surface area contributed by atoms with Gasteiger partial charge in [0.1, 0.15) is 6.54 Å². The summed E-state index contributed by atoms with van der Waals surface area (Å²) in [6, 6.07) is 18.0. The van der Waals surface area contributed by atoms with E-state index in [0.717, 1.165) is 15.4 Å². The quantitative estimate of drug-likeness (QED) is 0.284. The molecule has 0 aliphatic heterocycles. The van der Waals surface area contributed by atoms with Gasteiger partial charge in [-0.25, -0.2) is 31.5 Å². The topological polar surface area (TPSA) is 138 Å². The van der Waals surface area contributed by atoms with Gasteiger partial charge < -0.3 is 5.32 Å². The molecule has 208 valence electrons. The van der Waals surface area contributed by atoms with Crippen LogP contribution in [0.5, 0.6) is 0 Å². The Morgan fingerprint density at radius 2 is 1.52 bits per heavy atom. The molecule has 4 aromatic rings. The van der Waals surface area contributed by atoms with Crippen LogP contribution in [-0.4, -0.2) is 39.3 Å². The highest BCUT2D eigenvalue weighted by Crippen LogP contribution is 2.28. The van der Waals surface area contributed by atoms with Gasteiger partial charge in [-0.05, 0) is 80.9 Å². The molecule has 0 bridgehead atoms. The molecular weight excluding hydrogens is 574 g/mol. The minimum atomic E-state index is -4.13. The summed E-state index contributed by atoms with van der Waals surface area (Å²) in [7, 11) is -8.11. The lowest BCUT2D eigenvalue weighted by Gasteiger charge is -2.24. The third-order valence-electron chi connectivity index (χ3n) is 5.81. The molecule has 0 unspecified atom stereocenters. The first-order chi connectivity index (χ1) is 18.8. The Kier molecular flexibility index (Phi) is 8.43. The number of benzene rings is 3. The predicted octanol–water partition coefficient (Wildman–Crippen LogP) is 4.69. The molecule has 2 N–H and O–H groups in total. The SMILES string of the molecule is Cc1ccc(S(=O)(=O)N(CC(=O)Nc2ccc(S(=O)(=O)Nc3nccc(C)n3)cc2)c2ccc(C)c(Cl)c2)cc1. The molecule has 0 aliphatic carbocycles. The van der Waals surface area contributed by atoms with E-state index < -0.39 is 32.5 Å². The Morgan fingerprint density at radius 3 is 2.15 bits per heavy atom. The van der Waals surface area contributed by atoms with Crippen LogP contribution in [0.25, 0.3) is 0 Å². The summed E-state index contributed by atoms with van der Waals surface area (Å²) < 4.78 is 55.8. The van der Waals surface area contributed by atoms with E-state index in [-0.39, 0.29) is 27.1 Å².